The summed E-state index contributed by atoms with van der Waals surface area (Å²) in [4.78, 5) is 4.93. The van der Waals surface area contributed by atoms with Gasteiger partial charge in [-0.25, -0.2) is 0 Å². The average Bonchev–Trinajstić information content (AvgIpc) is 2.40. The fourth-order valence-electron chi connectivity index (χ4n) is 3.37. The maximum Gasteiger partial charge on any atom is 0.0802 e. The van der Waals surface area contributed by atoms with E-state index in [9.17, 15) is 5.11 Å². The first-order chi connectivity index (χ1) is 9.86. The molecule has 3 unspecified atom stereocenters. The highest BCUT2D eigenvalue weighted by atomic mass is 16.3. The van der Waals surface area contributed by atoms with Gasteiger partial charge in [0, 0.05) is 31.7 Å². The molecule has 1 saturated heterocycles. The first-order valence-corrected chi connectivity index (χ1v) is 8.07. The van der Waals surface area contributed by atoms with Gasteiger partial charge in [-0.15, -0.1) is 0 Å². The number of aliphatic hydroxyl groups is 1. The van der Waals surface area contributed by atoms with Crippen molar-refractivity contribution in [3.63, 3.8) is 0 Å². The molecule has 1 N–H and O–H groups in total. The van der Waals surface area contributed by atoms with E-state index >= 15 is 0 Å². The van der Waals surface area contributed by atoms with Crippen LogP contribution in [0.15, 0.2) is 18.2 Å². The lowest BCUT2D eigenvalue weighted by Crippen LogP contribution is -2.55. The van der Waals surface area contributed by atoms with Gasteiger partial charge >= 0.3 is 0 Å². The van der Waals surface area contributed by atoms with Crippen molar-refractivity contribution >= 4 is 0 Å². The monoisotopic (exact) mass is 290 g/mol. The third-order valence-corrected chi connectivity index (χ3v) is 4.78. The number of piperazine rings is 1. The molecule has 1 aromatic rings. The Labute approximate surface area is 129 Å². The summed E-state index contributed by atoms with van der Waals surface area (Å²) in [6.07, 6.45) is 0.459. The van der Waals surface area contributed by atoms with Crippen LogP contribution >= 0.6 is 0 Å². The zero-order valence-electron chi connectivity index (χ0n) is 14.1. The molecule has 0 radical (unpaired) electrons. The van der Waals surface area contributed by atoms with E-state index in [1.165, 1.54) is 11.1 Å². The molecular weight excluding hydrogens is 260 g/mol. The van der Waals surface area contributed by atoms with Crippen LogP contribution in [0.5, 0.6) is 0 Å². The van der Waals surface area contributed by atoms with Gasteiger partial charge in [-0.1, -0.05) is 29.3 Å². The van der Waals surface area contributed by atoms with Gasteiger partial charge in [0.25, 0.3) is 0 Å². The van der Waals surface area contributed by atoms with Crippen molar-refractivity contribution in [1.82, 2.24) is 9.80 Å². The van der Waals surface area contributed by atoms with Crippen molar-refractivity contribution in [1.29, 1.82) is 0 Å². The van der Waals surface area contributed by atoms with Gasteiger partial charge in [-0.2, -0.15) is 0 Å². The Morgan fingerprint density at radius 1 is 1.10 bits per heavy atom. The molecule has 0 amide bonds. The van der Waals surface area contributed by atoms with Crippen LogP contribution in [0.1, 0.15) is 43.1 Å². The van der Waals surface area contributed by atoms with Crippen molar-refractivity contribution in [2.24, 2.45) is 0 Å². The van der Waals surface area contributed by atoms with E-state index in [0.29, 0.717) is 12.1 Å². The Bertz CT molecular complexity index is 442. The Kier molecular flexibility index (Phi) is 5.42. The predicted molar refractivity (Wildman–Crippen MR) is 88.6 cm³/mol. The smallest absolute Gasteiger partial charge is 0.0802 e. The van der Waals surface area contributed by atoms with Crippen LogP contribution in [-0.4, -0.2) is 53.7 Å². The Hall–Kier alpha value is -0.900. The van der Waals surface area contributed by atoms with Crippen molar-refractivity contribution in [2.45, 2.75) is 52.3 Å². The summed E-state index contributed by atoms with van der Waals surface area (Å²) in [6, 6.07) is 7.54. The molecule has 1 heterocycles. The molecule has 3 heteroatoms. The minimum atomic E-state index is -0.353. The first kappa shape index (κ1) is 16.5. The number of nitrogens with zero attached hydrogens (tertiary/aromatic N) is 2. The van der Waals surface area contributed by atoms with Crippen LogP contribution in [0.2, 0.25) is 0 Å². The Morgan fingerprint density at radius 3 is 2.14 bits per heavy atom. The maximum atomic E-state index is 10.4. The molecule has 3 nitrogen and oxygen atoms in total. The molecule has 1 aliphatic heterocycles. The minimum Gasteiger partial charge on any atom is -0.388 e. The molecule has 0 aliphatic carbocycles. The number of aryl methyl sites for hydroxylation is 2. The third kappa shape index (κ3) is 4.29. The zero-order chi connectivity index (χ0) is 15.6. The molecule has 0 saturated carbocycles. The highest BCUT2D eigenvalue weighted by Gasteiger charge is 2.26. The molecule has 0 aromatic heterocycles. The van der Waals surface area contributed by atoms with Crippen LogP contribution in [0, 0.1) is 13.8 Å². The number of aliphatic hydroxyl groups excluding tert-OH is 1. The molecule has 2 rings (SSSR count). The molecule has 3 atom stereocenters. The van der Waals surface area contributed by atoms with Gasteiger partial charge < -0.3 is 10.0 Å². The number of hydrogen-bond acceptors (Lipinski definition) is 3. The third-order valence-electron chi connectivity index (χ3n) is 4.78. The lowest BCUT2D eigenvalue weighted by atomic mass is 10.0. The number of hydrogen-bond donors (Lipinski definition) is 1. The Morgan fingerprint density at radius 2 is 1.62 bits per heavy atom. The number of benzene rings is 1. The second-order valence-corrected chi connectivity index (χ2v) is 6.85. The van der Waals surface area contributed by atoms with Crippen LogP contribution in [0.25, 0.3) is 0 Å². The summed E-state index contributed by atoms with van der Waals surface area (Å²) in [6.45, 7) is 11.9. The fraction of sp³-hybridized carbons (Fsp3) is 0.667. The minimum absolute atomic E-state index is 0.353. The van der Waals surface area contributed by atoms with E-state index in [4.69, 9.17) is 0 Å². The zero-order valence-corrected chi connectivity index (χ0v) is 14.1. The van der Waals surface area contributed by atoms with Crippen molar-refractivity contribution < 1.29 is 5.11 Å². The second kappa shape index (κ2) is 6.91. The first-order valence-electron chi connectivity index (χ1n) is 8.07. The van der Waals surface area contributed by atoms with E-state index in [0.717, 1.165) is 31.6 Å². The predicted octanol–water partition coefficient (Wildman–Crippen LogP) is 2.75. The molecule has 21 heavy (non-hydrogen) atoms. The quantitative estimate of drug-likeness (QED) is 0.923. The van der Waals surface area contributed by atoms with Crippen LogP contribution < -0.4 is 0 Å². The highest BCUT2D eigenvalue weighted by molar-refractivity contribution is 5.29. The summed E-state index contributed by atoms with van der Waals surface area (Å²) in [7, 11) is 2.21. The summed E-state index contributed by atoms with van der Waals surface area (Å²) >= 11 is 0. The van der Waals surface area contributed by atoms with E-state index in [2.05, 4.69) is 62.7 Å². The standard InChI is InChI=1S/C18H30N2O/c1-13-8-14(2)10-17(9-13)18(21)6-7-20-11-15(3)19(5)16(4)12-20/h8-10,15-16,18,21H,6-7,11-12H2,1-5H3. The van der Waals surface area contributed by atoms with Gasteiger partial charge in [0.15, 0.2) is 0 Å². The van der Waals surface area contributed by atoms with Gasteiger partial charge in [0.1, 0.15) is 0 Å². The van der Waals surface area contributed by atoms with Crippen molar-refractivity contribution in [3.05, 3.63) is 34.9 Å². The summed E-state index contributed by atoms with van der Waals surface area (Å²) in [5.74, 6) is 0. The summed E-state index contributed by atoms with van der Waals surface area (Å²) in [5.41, 5.74) is 3.51. The number of rotatable bonds is 4. The molecule has 0 bridgehead atoms. The molecule has 1 aliphatic rings. The Balaban J connectivity index is 1.90. The van der Waals surface area contributed by atoms with E-state index in [1.54, 1.807) is 0 Å². The molecule has 1 fully saturated rings. The lowest BCUT2D eigenvalue weighted by Gasteiger charge is -2.42. The molecule has 1 aromatic carbocycles. The van der Waals surface area contributed by atoms with Crippen molar-refractivity contribution in [2.75, 3.05) is 26.7 Å². The molecule has 118 valence electrons. The number of likely N-dealkylation sites (N-methyl/N-ethyl adjacent to an activating group) is 1. The van der Waals surface area contributed by atoms with Crippen LogP contribution in [0.4, 0.5) is 0 Å². The van der Waals surface area contributed by atoms with E-state index < -0.39 is 0 Å². The normalized spacial score (nSPS) is 26.0. The molecule has 0 spiro atoms. The largest absolute Gasteiger partial charge is 0.388 e. The maximum absolute atomic E-state index is 10.4. The van der Waals surface area contributed by atoms with Gasteiger partial charge in [0.2, 0.25) is 0 Å². The van der Waals surface area contributed by atoms with Gasteiger partial charge in [-0.05, 0) is 46.7 Å². The van der Waals surface area contributed by atoms with Crippen LogP contribution in [0.3, 0.4) is 0 Å². The lowest BCUT2D eigenvalue weighted by molar-refractivity contribution is 0.0485. The van der Waals surface area contributed by atoms with Gasteiger partial charge in [-0.3, -0.25) is 4.90 Å². The summed E-state index contributed by atoms with van der Waals surface area (Å²) in [5, 5.41) is 10.4. The van der Waals surface area contributed by atoms with E-state index in [1.807, 2.05) is 0 Å². The SMILES string of the molecule is Cc1cc(C)cc(C(O)CCN2CC(C)N(C)C(C)C2)c1. The second-order valence-electron chi connectivity index (χ2n) is 6.85. The van der Waals surface area contributed by atoms with Crippen LogP contribution in [-0.2, 0) is 0 Å². The van der Waals surface area contributed by atoms with Gasteiger partial charge in [0.05, 0.1) is 6.10 Å². The average molecular weight is 290 g/mol. The van der Waals surface area contributed by atoms with Crippen molar-refractivity contribution in [3.8, 4) is 0 Å². The molecular formula is C18H30N2O. The fourth-order valence-corrected chi connectivity index (χ4v) is 3.37. The van der Waals surface area contributed by atoms with E-state index in [-0.39, 0.29) is 6.10 Å². The highest BCUT2D eigenvalue weighted by Crippen LogP contribution is 2.21. The topological polar surface area (TPSA) is 26.7 Å². The summed E-state index contributed by atoms with van der Waals surface area (Å²) < 4.78 is 0.